The lowest BCUT2D eigenvalue weighted by Gasteiger charge is -2.07. The average molecular weight is 332 g/mol. The van der Waals surface area contributed by atoms with E-state index in [0.717, 1.165) is 0 Å². The van der Waals surface area contributed by atoms with Crippen molar-refractivity contribution in [3.8, 4) is 5.75 Å². The number of nitrogens with zero attached hydrogens (tertiary/aromatic N) is 2. The lowest BCUT2D eigenvalue weighted by molar-refractivity contribution is 0.292. The van der Waals surface area contributed by atoms with Gasteiger partial charge in [0.25, 0.3) is 5.56 Å². The topological polar surface area (TPSA) is 67.9 Å². The van der Waals surface area contributed by atoms with E-state index in [1.807, 2.05) is 12.1 Å². The molecule has 0 aliphatic rings. The van der Waals surface area contributed by atoms with E-state index in [9.17, 15) is 4.79 Å². The van der Waals surface area contributed by atoms with Crippen LogP contribution >= 0.6 is 15.9 Å². The Hall–Kier alpha value is -2.21. The second kappa shape index (κ2) is 5.42. The van der Waals surface area contributed by atoms with E-state index in [4.69, 9.17) is 4.74 Å². The molecule has 0 atom stereocenters. The summed E-state index contributed by atoms with van der Waals surface area (Å²) in [4.78, 5) is 23.0. The average Bonchev–Trinajstić information content (AvgIpc) is 2.46. The quantitative estimate of drug-likeness (QED) is 0.749. The second-order valence-corrected chi connectivity index (χ2v) is 4.86. The van der Waals surface area contributed by atoms with Crippen LogP contribution in [0, 0.1) is 0 Å². The van der Waals surface area contributed by atoms with Crippen LogP contribution in [-0.4, -0.2) is 15.0 Å². The zero-order valence-electron chi connectivity index (χ0n) is 10.3. The molecule has 5 nitrogen and oxygen atoms in total. The van der Waals surface area contributed by atoms with Crippen molar-refractivity contribution < 1.29 is 4.74 Å². The minimum Gasteiger partial charge on any atom is -0.483 e. The van der Waals surface area contributed by atoms with Crippen LogP contribution in [0.15, 0.2) is 52.0 Å². The molecule has 1 aromatic carbocycles. The van der Waals surface area contributed by atoms with E-state index < -0.39 is 0 Å². The van der Waals surface area contributed by atoms with Crippen LogP contribution < -0.4 is 10.3 Å². The number of para-hydroxylation sites is 1. The number of fused-ring (bicyclic) bond motifs is 1. The van der Waals surface area contributed by atoms with Gasteiger partial charge in [0, 0.05) is 6.20 Å². The van der Waals surface area contributed by atoms with Gasteiger partial charge in [-0.2, -0.15) is 0 Å². The van der Waals surface area contributed by atoms with Gasteiger partial charge in [-0.1, -0.05) is 12.1 Å². The van der Waals surface area contributed by atoms with Crippen molar-refractivity contribution in [3.63, 3.8) is 0 Å². The Morgan fingerprint density at radius 1 is 1.20 bits per heavy atom. The van der Waals surface area contributed by atoms with Crippen LogP contribution in [0.1, 0.15) is 5.82 Å². The molecule has 2 aromatic heterocycles. The Bertz CT molecular complexity index is 817. The first kappa shape index (κ1) is 12.8. The maximum absolute atomic E-state index is 11.9. The molecule has 100 valence electrons. The van der Waals surface area contributed by atoms with Gasteiger partial charge in [0.05, 0.1) is 10.9 Å². The minimum atomic E-state index is -0.167. The zero-order chi connectivity index (χ0) is 13.9. The summed E-state index contributed by atoms with van der Waals surface area (Å²) in [6.07, 6.45) is 1.66. The first-order chi connectivity index (χ1) is 9.74. The lowest BCUT2D eigenvalue weighted by Crippen LogP contribution is -2.13. The number of hydrogen-bond acceptors (Lipinski definition) is 4. The monoisotopic (exact) mass is 331 g/mol. The first-order valence-corrected chi connectivity index (χ1v) is 6.74. The van der Waals surface area contributed by atoms with Crippen molar-refractivity contribution >= 4 is 26.8 Å². The summed E-state index contributed by atoms with van der Waals surface area (Å²) in [6.45, 7) is 0.171. The normalized spacial score (nSPS) is 10.7. The number of hydrogen-bond donors (Lipinski definition) is 1. The van der Waals surface area contributed by atoms with Crippen molar-refractivity contribution in [3.05, 3.63) is 63.4 Å². The fourth-order valence-electron chi connectivity index (χ4n) is 1.83. The van der Waals surface area contributed by atoms with Crippen molar-refractivity contribution in [2.75, 3.05) is 0 Å². The molecule has 6 heteroatoms. The van der Waals surface area contributed by atoms with Crippen LogP contribution in [0.25, 0.3) is 10.9 Å². The van der Waals surface area contributed by atoms with Crippen molar-refractivity contribution in [2.45, 2.75) is 6.61 Å². The van der Waals surface area contributed by atoms with Gasteiger partial charge < -0.3 is 9.72 Å². The number of H-pyrrole nitrogens is 1. The highest BCUT2D eigenvalue weighted by Gasteiger charge is 2.05. The zero-order valence-corrected chi connectivity index (χ0v) is 11.9. The summed E-state index contributed by atoms with van der Waals surface area (Å²) >= 11 is 3.30. The van der Waals surface area contributed by atoms with Gasteiger partial charge in [0.15, 0.2) is 5.75 Å². The number of aromatic amines is 1. The number of ether oxygens (including phenoxy) is 1. The molecule has 3 aromatic rings. The molecular formula is C14H10BrN3O2. The van der Waals surface area contributed by atoms with Crippen LogP contribution in [0.3, 0.4) is 0 Å². The third-order valence-corrected chi connectivity index (χ3v) is 3.35. The molecule has 0 bridgehead atoms. The second-order valence-electron chi connectivity index (χ2n) is 4.11. The molecule has 0 amide bonds. The van der Waals surface area contributed by atoms with E-state index >= 15 is 0 Å². The third-order valence-electron chi connectivity index (χ3n) is 2.75. The van der Waals surface area contributed by atoms with E-state index in [0.29, 0.717) is 27.1 Å². The Kier molecular flexibility index (Phi) is 3.47. The smallest absolute Gasteiger partial charge is 0.258 e. The highest BCUT2D eigenvalue weighted by atomic mass is 79.9. The molecule has 0 saturated carbocycles. The highest BCUT2D eigenvalue weighted by Crippen LogP contribution is 2.21. The molecule has 0 radical (unpaired) electrons. The van der Waals surface area contributed by atoms with E-state index in [1.165, 1.54) is 0 Å². The number of rotatable bonds is 3. The fourth-order valence-corrected chi connectivity index (χ4v) is 2.19. The van der Waals surface area contributed by atoms with Crippen LogP contribution in [0.5, 0.6) is 5.75 Å². The number of benzene rings is 1. The van der Waals surface area contributed by atoms with Crippen molar-refractivity contribution in [2.24, 2.45) is 0 Å². The van der Waals surface area contributed by atoms with Crippen molar-refractivity contribution in [1.29, 1.82) is 0 Å². The van der Waals surface area contributed by atoms with Gasteiger partial charge in [-0.15, -0.1) is 0 Å². The summed E-state index contributed by atoms with van der Waals surface area (Å²) in [5.74, 6) is 1.08. The molecule has 1 N–H and O–H groups in total. The Morgan fingerprint density at radius 2 is 2.05 bits per heavy atom. The van der Waals surface area contributed by atoms with E-state index in [1.54, 1.807) is 30.5 Å². The van der Waals surface area contributed by atoms with Gasteiger partial charge in [-0.25, -0.2) is 9.97 Å². The lowest BCUT2D eigenvalue weighted by atomic mass is 10.2. The first-order valence-electron chi connectivity index (χ1n) is 5.95. The maximum Gasteiger partial charge on any atom is 0.258 e. The minimum absolute atomic E-state index is 0.167. The number of nitrogens with one attached hydrogen (secondary N) is 1. The molecule has 0 aliphatic carbocycles. The van der Waals surface area contributed by atoms with Gasteiger partial charge >= 0.3 is 0 Å². The van der Waals surface area contributed by atoms with Gasteiger partial charge in [0.2, 0.25) is 0 Å². The Morgan fingerprint density at radius 3 is 2.90 bits per heavy atom. The predicted molar refractivity (Wildman–Crippen MR) is 78.6 cm³/mol. The molecule has 0 fully saturated rings. The van der Waals surface area contributed by atoms with Gasteiger partial charge in [-0.05, 0) is 40.2 Å². The summed E-state index contributed by atoms with van der Waals surface area (Å²) in [5, 5.41) is 0.568. The van der Waals surface area contributed by atoms with Crippen LogP contribution in [-0.2, 0) is 6.61 Å². The summed E-state index contributed by atoms with van der Waals surface area (Å²) in [5.41, 5.74) is 0.486. The van der Waals surface area contributed by atoms with Crippen molar-refractivity contribution in [1.82, 2.24) is 15.0 Å². The SMILES string of the molecule is O=c1[nH]c(COc2cccnc2Br)nc2ccccc12. The van der Waals surface area contributed by atoms with Crippen LogP contribution in [0.2, 0.25) is 0 Å². The summed E-state index contributed by atoms with van der Waals surface area (Å²) in [7, 11) is 0. The Labute approximate surface area is 122 Å². The number of pyridine rings is 1. The summed E-state index contributed by atoms with van der Waals surface area (Å²) < 4.78 is 6.20. The molecular weight excluding hydrogens is 322 g/mol. The molecule has 20 heavy (non-hydrogen) atoms. The van der Waals surface area contributed by atoms with E-state index in [2.05, 4.69) is 30.9 Å². The van der Waals surface area contributed by atoms with E-state index in [-0.39, 0.29) is 12.2 Å². The molecule has 0 unspecified atom stereocenters. The predicted octanol–water partition coefficient (Wildman–Crippen LogP) is 2.66. The highest BCUT2D eigenvalue weighted by molar-refractivity contribution is 9.10. The largest absolute Gasteiger partial charge is 0.483 e. The molecule has 2 heterocycles. The van der Waals surface area contributed by atoms with Crippen LogP contribution in [0.4, 0.5) is 0 Å². The maximum atomic E-state index is 11.9. The number of halogens is 1. The fraction of sp³-hybridized carbons (Fsp3) is 0.0714. The molecule has 0 saturated heterocycles. The van der Waals surface area contributed by atoms with Gasteiger partial charge in [-0.3, -0.25) is 4.79 Å². The standard InChI is InChI=1S/C14H10BrN3O2/c15-13-11(6-3-7-16-13)20-8-12-17-10-5-2-1-4-9(10)14(19)18-12/h1-7H,8H2,(H,17,18,19). The summed E-state index contributed by atoms with van der Waals surface area (Å²) in [6, 6.07) is 10.8. The molecule has 0 aliphatic heterocycles. The third kappa shape index (κ3) is 2.55. The molecule has 0 spiro atoms. The number of aromatic nitrogens is 3. The Balaban J connectivity index is 1.88. The van der Waals surface area contributed by atoms with Gasteiger partial charge in [0.1, 0.15) is 17.0 Å². The molecule has 3 rings (SSSR count).